The molecule has 0 aliphatic carbocycles. The Hall–Kier alpha value is -1.89. The van der Waals surface area contributed by atoms with Crippen LogP contribution < -0.4 is 10.6 Å². The molecule has 6 nitrogen and oxygen atoms in total. The van der Waals surface area contributed by atoms with Gasteiger partial charge in [0, 0.05) is 4.88 Å². The number of hydrogen-bond donors (Lipinski definition) is 3. The van der Waals surface area contributed by atoms with Gasteiger partial charge in [0.05, 0.1) is 5.56 Å². The lowest BCUT2D eigenvalue weighted by Crippen LogP contribution is -2.38. The predicted octanol–water partition coefficient (Wildman–Crippen LogP) is 1.08. The van der Waals surface area contributed by atoms with E-state index in [1.54, 1.807) is 6.07 Å². The molecule has 98 valence electrons. The van der Waals surface area contributed by atoms with Crippen molar-refractivity contribution in [1.29, 1.82) is 0 Å². The molecule has 3 N–H and O–H groups in total. The molecule has 1 rings (SSSR count). The molecule has 0 aliphatic heterocycles. The van der Waals surface area contributed by atoms with Crippen molar-refractivity contribution in [3.05, 3.63) is 16.5 Å². The second-order valence-corrected chi connectivity index (χ2v) is 4.74. The van der Waals surface area contributed by atoms with Crippen LogP contribution in [0.4, 0.5) is 5.00 Å². The van der Waals surface area contributed by atoms with Crippen LogP contribution in [0.2, 0.25) is 0 Å². The van der Waals surface area contributed by atoms with Crippen LogP contribution in [0.1, 0.15) is 29.1 Å². The smallest absolute Gasteiger partial charge is 0.325 e. The van der Waals surface area contributed by atoms with Crippen LogP contribution in [0, 0.1) is 0 Å². The topological polar surface area (TPSA) is 95.5 Å². The molecule has 0 radical (unpaired) electrons. The van der Waals surface area contributed by atoms with Gasteiger partial charge in [-0.25, -0.2) is 0 Å². The minimum atomic E-state index is -1.11. The lowest BCUT2D eigenvalue weighted by Gasteiger charge is -2.09. The number of carbonyl (C=O) groups excluding carboxylic acids is 2. The molecule has 1 aromatic heterocycles. The molecule has 7 heteroatoms. The van der Waals surface area contributed by atoms with Gasteiger partial charge in [-0.2, -0.15) is 0 Å². The van der Waals surface area contributed by atoms with E-state index >= 15 is 0 Å². The van der Waals surface area contributed by atoms with E-state index in [-0.39, 0.29) is 5.56 Å². The number of anilines is 1. The van der Waals surface area contributed by atoms with Gasteiger partial charge < -0.3 is 15.7 Å². The fraction of sp³-hybridized carbons (Fsp3) is 0.364. The van der Waals surface area contributed by atoms with Gasteiger partial charge in [-0.1, -0.05) is 6.92 Å². The number of hydrogen-bond acceptors (Lipinski definition) is 4. The van der Waals surface area contributed by atoms with E-state index in [9.17, 15) is 14.4 Å². The predicted molar refractivity (Wildman–Crippen MR) is 67.9 cm³/mol. The zero-order chi connectivity index (χ0) is 13.7. The van der Waals surface area contributed by atoms with E-state index in [1.165, 1.54) is 18.3 Å². The number of rotatable bonds is 6. The van der Waals surface area contributed by atoms with Crippen molar-refractivity contribution in [2.75, 3.05) is 5.32 Å². The van der Waals surface area contributed by atoms with Crippen LogP contribution in [0.5, 0.6) is 0 Å². The molecule has 0 aromatic carbocycles. The van der Waals surface area contributed by atoms with Gasteiger partial charge >= 0.3 is 5.97 Å². The summed E-state index contributed by atoms with van der Waals surface area (Å²) in [6, 6.07) is 0.673. The summed E-state index contributed by atoms with van der Waals surface area (Å²) in [7, 11) is 0. The molecule has 18 heavy (non-hydrogen) atoms. The van der Waals surface area contributed by atoms with Gasteiger partial charge in [0.15, 0.2) is 0 Å². The molecule has 1 aromatic rings. The molecular weight excluding hydrogens is 256 g/mol. The standard InChI is InChI=1S/C11H14N2O4S/c1-3-7-4-8(10(18-7)12-5-14)9(15)13-6(2)11(16)17/h4-6H,3H2,1-2H3,(H,12,14)(H,13,15)(H,16,17)/t6-/m0/s1. The summed E-state index contributed by atoms with van der Waals surface area (Å²) in [6.45, 7) is 3.30. The average Bonchev–Trinajstić information content (AvgIpc) is 2.72. The van der Waals surface area contributed by atoms with Crippen LogP contribution in [-0.4, -0.2) is 29.4 Å². The third-order valence-corrected chi connectivity index (χ3v) is 3.49. The van der Waals surface area contributed by atoms with E-state index in [0.29, 0.717) is 11.4 Å². The lowest BCUT2D eigenvalue weighted by atomic mass is 10.2. The summed E-state index contributed by atoms with van der Waals surface area (Å²) in [5.74, 6) is -1.62. The zero-order valence-electron chi connectivity index (χ0n) is 10.0. The summed E-state index contributed by atoms with van der Waals surface area (Å²) in [6.07, 6.45) is 1.22. The highest BCUT2D eigenvalue weighted by molar-refractivity contribution is 7.16. The first kappa shape index (κ1) is 14.2. The summed E-state index contributed by atoms with van der Waals surface area (Å²) < 4.78 is 0. The van der Waals surface area contributed by atoms with E-state index in [4.69, 9.17) is 5.11 Å². The van der Waals surface area contributed by atoms with E-state index in [0.717, 1.165) is 11.3 Å². The van der Waals surface area contributed by atoms with E-state index in [2.05, 4.69) is 10.6 Å². The van der Waals surface area contributed by atoms with Gasteiger partial charge in [-0.3, -0.25) is 14.4 Å². The lowest BCUT2D eigenvalue weighted by molar-refractivity contribution is -0.138. The average molecular weight is 270 g/mol. The summed E-state index contributed by atoms with van der Waals surface area (Å²) in [5, 5.41) is 13.9. The van der Waals surface area contributed by atoms with Gasteiger partial charge in [-0.05, 0) is 19.4 Å². The Morgan fingerprint density at radius 1 is 1.56 bits per heavy atom. The van der Waals surface area contributed by atoms with Gasteiger partial charge in [0.25, 0.3) is 5.91 Å². The Morgan fingerprint density at radius 2 is 2.22 bits per heavy atom. The SMILES string of the molecule is CCc1cc(C(=O)N[C@@H](C)C(=O)O)c(NC=O)s1. The molecule has 0 saturated carbocycles. The summed E-state index contributed by atoms with van der Waals surface area (Å²) in [4.78, 5) is 33.9. The normalized spacial score (nSPS) is 11.7. The minimum absolute atomic E-state index is 0.289. The highest BCUT2D eigenvalue weighted by Gasteiger charge is 2.19. The van der Waals surface area contributed by atoms with Gasteiger partial charge in [-0.15, -0.1) is 11.3 Å². The molecule has 0 fully saturated rings. The summed E-state index contributed by atoms with van der Waals surface area (Å²) in [5.41, 5.74) is 0.289. The number of carboxylic acid groups (broad SMARTS) is 1. The third-order valence-electron chi connectivity index (χ3n) is 2.28. The molecule has 1 heterocycles. The quantitative estimate of drug-likeness (QED) is 0.674. The van der Waals surface area contributed by atoms with Gasteiger partial charge in [0.1, 0.15) is 11.0 Å². The van der Waals surface area contributed by atoms with Crippen LogP contribution in [0.3, 0.4) is 0 Å². The number of amides is 2. The van der Waals surface area contributed by atoms with Crippen molar-refractivity contribution in [2.24, 2.45) is 0 Å². The first-order chi connectivity index (χ1) is 8.49. The largest absolute Gasteiger partial charge is 0.480 e. The van der Waals surface area contributed by atoms with Crippen LogP contribution in [-0.2, 0) is 16.0 Å². The number of aryl methyl sites for hydroxylation is 1. The van der Waals surface area contributed by atoms with E-state index < -0.39 is 17.9 Å². The minimum Gasteiger partial charge on any atom is -0.480 e. The monoisotopic (exact) mass is 270 g/mol. The highest BCUT2D eigenvalue weighted by Crippen LogP contribution is 2.28. The molecule has 0 spiro atoms. The molecule has 1 atom stereocenters. The third kappa shape index (κ3) is 3.30. The van der Waals surface area contributed by atoms with Crippen molar-refractivity contribution in [3.63, 3.8) is 0 Å². The second-order valence-electron chi connectivity index (χ2n) is 3.60. The number of nitrogens with one attached hydrogen (secondary N) is 2. The van der Waals surface area contributed by atoms with Crippen molar-refractivity contribution < 1.29 is 19.5 Å². The first-order valence-electron chi connectivity index (χ1n) is 5.36. The maximum atomic E-state index is 11.9. The van der Waals surface area contributed by atoms with Crippen LogP contribution >= 0.6 is 11.3 Å². The highest BCUT2D eigenvalue weighted by atomic mass is 32.1. The maximum Gasteiger partial charge on any atom is 0.325 e. The Bertz CT molecular complexity index is 470. The molecular formula is C11H14N2O4S. The van der Waals surface area contributed by atoms with Crippen LogP contribution in [0.25, 0.3) is 0 Å². The molecule has 0 aliphatic rings. The van der Waals surface area contributed by atoms with E-state index in [1.807, 2.05) is 6.92 Å². The Labute approximate surface area is 108 Å². The fourth-order valence-electron chi connectivity index (χ4n) is 1.28. The number of thiophene rings is 1. The van der Waals surface area contributed by atoms with Crippen molar-refractivity contribution >= 4 is 34.6 Å². The number of carboxylic acids is 1. The van der Waals surface area contributed by atoms with Crippen molar-refractivity contribution in [1.82, 2.24) is 5.32 Å². The second kappa shape index (κ2) is 6.15. The molecule has 0 bridgehead atoms. The van der Waals surface area contributed by atoms with Gasteiger partial charge in [0.2, 0.25) is 6.41 Å². The fourth-order valence-corrected chi connectivity index (χ4v) is 2.23. The Morgan fingerprint density at radius 3 is 2.72 bits per heavy atom. The van der Waals surface area contributed by atoms with Crippen LogP contribution in [0.15, 0.2) is 6.07 Å². The Balaban J connectivity index is 2.92. The number of carbonyl (C=O) groups is 3. The Kier molecular flexibility index (Phi) is 4.85. The molecule has 0 unspecified atom stereocenters. The number of aliphatic carboxylic acids is 1. The zero-order valence-corrected chi connectivity index (χ0v) is 10.8. The molecule has 2 amide bonds. The molecule has 0 saturated heterocycles. The maximum absolute atomic E-state index is 11.9. The summed E-state index contributed by atoms with van der Waals surface area (Å²) >= 11 is 1.30. The van der Waals surface area contributed by atoms with Crippen molar-refractivity contribution in [3.8, 4) is 0 Å². The first-order valence-corrected chi connectivity index (χ1v) is 6.17. The van der Waals surface area contributed by atoms with Crippen molar-refractivity contribution in [2.45, 2.75) is 26.3 Å².